The van der Waals surface area contributed by atoms with Gasteiger partial charge in [0.1, 0.15) is 10.0 Å². The summed E-state index contributed by atoms with van der Waals surface area (Å²) in [6.07, 6.45) is 0. The van der Waals surface area contributed by atoms with Gasteiger partial charge in [-0.3, -0.25) is 4.79 Å². The zero-order valence-electron chi connectivity index (χ0n) is 12.0. The monoisotopic (exact) mass is 401 g/mol. The Kier molecular flexibility index (Phi) is 4.62. The second-order valence-corrected chi connectivity index (χ2v) is 8.29. The van der Waals surface area contributed by atoms with E-state index in [1.807, 2.05) is 0 Å². The van der Waals surface area contributed by atoms with Gasteiger partial charge in [0.2, 0.25) is 0 Å². The lowest BCUT2D eigenvalue weighted by Gasteiger charge is -2.10. The van der Waals surface area contributed by atoms with Crippen molar-refractivity contribution in [2.24, 2.45) is 0 Å². The standard InChI is InChI=1S/C16H10Cl3NO3S/c17-10-5-6-11-12(7-10)16(20-15(21)14(11)19)24(22,23)8-9-3-1-2-4-13(9)18/h1-7H,8H2,(H,20,21). The van der Waals surface area contributed by atoms with Crippen LogP contribution in [0, 0.1) is 0 Å². The topological polar surface area (TPSA) is 67.0 Å². The number of aromatic nitrogens is 1. The summed E-state index contributed by atoms with van der Waals surface area (Å²) in [7, 11) is -3.88. The van der Waals surface area contributed by atoms with Crippen LogP contribution in [0.2, 0.25) is 15.1 Å². The smallest absolute Gasteiger partial charge is 0.268 e. The Hall–Kier alpha value is -1.53. The number of nitrogens with one attached hydrogen (secondary N) is 1. The Balaban J connectivity index is 2.25. The first kappa shape index (κ1) is 17.3. The fourth-order valence-electron chi connectivity index (χ4n) is 2.38. The van der Waals surface area contributed by atoms with Crippen LogP contribution in [0.1, 0.15) is 5.56 Å². The molecular formula is C16H10Cl3NO3S. The molecule has 24 heavy (non-hydrogen) atoms. The first-order valence-electron chi connectivity index (χ1n) is 6.77. The van der Waals surface area contributed by atoms with Crippen molar-refractivity contribution in [2.45, 2.75) is 10.8 Å². The Morgan fingerprint density at radius 2 is 1.67 bits per heavy atom. The van der Waals surface area contributed by atoms with Gasteiger partial charge in [-0.1, -0.05) is 59.1 Å². The van der Waals surface area contributed by atoms with E-state index in [0.717, 1.165) is 0 Å². The van der Waals surface area contributed by atoms with Crippen LogP contribution in [0.5, 0.6) is 0 Å². The van der Waals surface area contributed by atoms with Crippen LogP contribution in [0.3, 0.4) is 0 Å². The highest BCUT2D eigenvalue weighted by Gasteiger charge is 2.23. The molecule has 0 atom stereocenters. The average molecular weight is 403 g/mol. The highest BCUT2D eigenvalue weighted by atomic mass is 35.5. The molecule has 0 unspecified atom stereocenters. The molecule has 0 radical (unpaired) electrons. The fraction of sp³-hybridized carbons (Fsp3) is 0.0625. The molecule has 2 aromatic carbocycles. The van der Waals surface area contributed by atoms with E-state index in [1.54, 1.807) is 30.3 Å². The molecule has 124 valence electrons. The van der Waals surface area contributed by atoms with Gasteiger partial charge in [0.25, 0.3) is 5.56 Å². The van der Waals surface area contributed by atoms with E-state index in [-0.39, 0.29) is 21.2 Å². The molecule has 1 N–H and O–H groups in total. The van der Waals surface area contributed by atoms with Gasteiger partial charge >= 0.3 is 0 Å². The molecule has 0 saturated carbocycles. The predicted molar refractivity (Wildman–Crippen MR) is 96.9 cm³/mol. The SMILES string of the molecule is O=c1[nH]c(S(=O)(=O)Cc2ccccc2Cl)c2cc(Cl)ccc2c1Cl. The summed E-state index contributed by atoms with van der Waals surface area (Å²) in [5, 5.41) is 0.939. The van der Waals surface area contributed by atoms with E-state index in [0.29, 0.717) is 21.0 Å². The first-order valence-corrected chi connectivity index (χ1v) is 9.55. The maximum atomic E-state index is 12.8. The maximum Gasteiger partial charge on any atom is 0.268 e. The Morgan fingerprint density at radius 3 is 2.38 bits per heavy atom. The number of pyridine rings is 1. The third-order valence-electron chi connectivity index (χ3n) is 3.50. The van der Waals surface area contributed by atoms with Gasteiger partial charge < -0.3 is 4.98 Å². The van der Waals surface area contributed by atoms with Crippen LogP contribution in [0.25, 0.3) is 10.8 Å². The van der Waals surface area contributed by atoms with Crippen molar-refractivity contribution in [2.75, 3.05) is 0 Å². The van der Waals surface area contributed by atoms with Crippen molar-refractivity contribution in [1.82, 2.24) is 4.98 Å². The largest absolute Gasteiger partial charge is 0.311 e. The highest BCUT2D eigenvalue weighted by Crippen LogP contribution is 2.30. The summed E-state index contributed by atoms with van der Waals surface area (Å²) in [5.41, 5.74) is -0.241. The summed E-state index contributed by atoms with van der Waals surface area (Å²) < 4.78 is 25.7. The number of aromatic amines is 1. The summed E-state index contributed by atoms with van der Waals surface area (Å²) in [5.74, 6) is -0.355. The molecule has 3 rings (SSSR count). The fourth-order valence-corrected chi connectivity index (χ4v) is 4.60. The van der Waals surface area contributed by atoms with Gasteiger partial charge in [0.05, 0.1) is 5.75 Å². The molecule has 0 aliphatic rings. The number of hydrogen-bond acceptors (Lipinski definition) is 3. The quantitative estimate of drug-likeness (QED) is 0.703. The molecule has 1 heterocycles. The minimum absolute atomic E-state index is 0.0849. The molecule has 1 aromatic heterocycles. The molecule has 8 heteroatoms. The number of rotatable bonds is 3. The van der Waals surface area contributed by atoms with Crippen LogP contribution in [-0.4, -0.2) is 13.4 Å². The van der Waals surface area contributed by atoms with Crippen molar-refractivity contribution >= 4 is 55.4 Å². The molecule has 0 amide bonds. The molecular weight excluding hydrogens is 393 g/mol. The Bertz CT molecular complexity index is 1110. The van der Waals surface area contributed by atoms with Crippen molar-refractivity contribution in [1.29, 1.82) is 0 Å². The van der Waals surface area contributed by atoms with Crippen LogP contribution < -0.4 is 5.56 Å². The number of halogens is 3. The van der Waals surface area contributed by atoms with E-state index in [2.05, 4.69) is 4.98 Å². The minimum atomic E-state index is -3.88. The third kappa shape index (κ3) is 3.17. The highest BCUT2D eigenvalue weighted by molar-refractivity contribution is 7.90. The lowest BCUT2D eigenvalue weighted by Crippen LogP contribution is -2.16. The third-order valence-corrected chi connectivity index (χ3v) is 6.12. The Labute approximate surface area is 152 Å². The van der Waals surface area contributed by atoms with Crippen molar-refractivity contribution in [3.63, 3.8) is 0 Å². The van der Waals surface area contributed by atoms with E-state index < -0.39 is 15.4 Å². The molecule has 3 aromatic rings. The van der Waals surface area contributed by atoms with Crippen LogP contribution in [0.15, 0.2) is 52.3 Å². The Morgan fingerprint density at radius 1 is 0.958 bits per heavy atom. The number of hydrogen-bond donors (Lipinski definition) is 1. The van der Waals surface area contributed by atoms with Crippen molar-refractivity contribution in [3.8, 4) is 0 Å². The maximum absolute atomic E-state index is 12.8. The normalized spacial score (nSPS) is 11.8. The van der Waals surface area contributed by atoms with Crippen molar-refractivity contribution in [3.05, 3.63) is 73.4 Å². The van der Waals surface area contributed by atoms with E-state index >= 15 is 0 Å². The van der Waals surface area contributed by atoms with Gasteiger partial charge in [-0.15, -0.1) is 0 Å². The molecule has 0 saturated heterocycles. The number of fused-ring (bicyclic) bond motifs is 1. The van der Waals surface area contributed by atoms with Crippen molar-refractivity contribution < 1.29 is 8.42 Å². The lowest BCUT2D eigenvalue weighted by atomic mass is 10.2. The van der Waals surface area contributed by atoms with Gasteiger partial charge in [0, 0.05) is 20.8 Å². The summed E-state index contributed by atoms with van der Waals surface area (Å²) in [4.78, 5) is 14.3. The van der Waals surface area contributed by atoms with E-state index in [4.69, 9.17) is 34.8 Å². The van der Waals surface area contributed by atoms with Gasteiger partial charge in [-0.2, -0.15) is 0 Å². The molecule has 0 aliphatic carbocycles. The van der Waals surface area contributed by atoms with Gasteiger partial charge in [0.15, 0.2) is 9.84 Å². The average Bonchev–Trinajstić information content (AvgIpc) is 2.52. The number of sulfone groups is 1. The molecule has 0 aliphatic heterocycles. The molecule has 4 nitrogen and oxygen atoms in total. The van der Waals surface area contributed by atoms with Gasteiger partial charge in [-0.25, -0.2) is 8.42 Å². The predicted octanol–water partition coefficient (Wildman–Crippen LogP) is 4.46. The van der Waals surface area contributed by atoms with Crippen LogP contribution >= 0.6 is 34.8 Å². The molecule has 0 spiro atoms. The van der Waals surface area contributed by atoms with E-state index in [1.165, 1.54) is 12.1 Å². The summed E-state index contributed by atoms with van der Waals surface area (Å²) in [6, 6.07) is 11.1. The lowest BCUT2D eigenvalue weighted by molar-refractivity contribution is 0.592. The molecule has 0 bridgehead atoms. The number of benzene rings is 2. The summed E-state index contributed by atoms with van der Waals surface area (Å²) in [6.45, 7) is 0. The first-order chi connectivity index (χ1) is 11.3. The summed E-state index contributed by atoms with van der Waals surface area (Å²) >= 11 is 18.0. The van der Waals surface area contributed by atoms with Gasteiger partial charge in [-0.05, 0) is 23.8 Å². The van der Waals surface area contributed by atoms with Crippen LogP contribution in [-0.2, 0) is 15.6 Å². The minimum Gasteiger partial charge on any atom is -0.311 e. The number of H-pyrrole nitrogens is 1. The molecule has 0 fully saturated rings. The second kappa shape index (κ2) is 6.41. The van der Waals surface area contributed by atoms with Crippen LogP contribution in [0.4, 0.5) is 0 Å². The zero-order chi connectivity index (χ0) is 17.5. The zero-order valence-corrected chi connectivity index (χ0v) is 15.1. The van der Waals surface area contributed by atoms with E-state index in [9.17, 15) is 13.2 Å². The second-order valence-electron chi connectivity index (χ2n) is 5.14.